The molecule has 4 rings (SSSR count). The first-order valence-electron chi connectivity index (χ1n) is 9.57. The van der Waals surface area contributed by atoms with Crippen molar-refractivity contribution in [2.24, 2.45) is 0 Å². The second-order valence-electron chi connectivity index (χ2n) is 7.73. The molecule has 166 valence electrons. The van der Waals surface area contributed by atoms with E-state index in [2.05, 4.69) is 0 Å². The Morgan fingerprint density at radius 2 is 1.52 bits per heavy atom. The highest BCUT2D eigenvalue weighted by Crippen LogP contribution is 2.50. The first-order chi connectivity index (χ1) is 14.7. The minimum atomic E-state index is -1.73. The number of aliphatic hydroxyl groups is 5. The summed E-state index contributed by atoms with van der Waals surface area (Å²) in [4.78, 5) is 13.1. The van der Waals surface area contributed by atoms with E-state index in [1.165, 1.54) is 12.1 Å². The number of aliphatic hydroxyl groups excluding tert-OH is 5. The molecule has 0 saturated carbocycles. The summed E-state index contributed by atoms with van der Waals surface area (Å²) in [6, 6.07) is 4.79. The van der Waals surface area contributed by atoms with Crippen LogP contribution in [0.15, 0.2) is 24.3 Å². The zero-order valence-electron chi connectivity index (χ0n) is 16.1. The van der Waals surface area contributed by atoms with E-state index in [-0.39, 0.29) is 27.8 Å². The fourth-order valence-corrected chi connectivity index (χ4v) is 4.47. The van der Waals surface area contributed by atoms with Crippen molar-refractivity contribution in [3.63, 3.8) is 0 Å². The normalized spacial score (nSPS) is 30.0. The first-order valence-corrected chi connectivity index (χ1v) is 9.57. The summed E-state index contributed by atoms with van der Waals surface area (Å²) in [7, 11) is 0. The highest BCUT2D eigenvalue weighted by Gasteiger charge is 2.51. The van der Waals surface area contributed by atoms with Gasteiger partial charge in [-0.05, 0) is 29.3 Å². The fraction of sp³-hybridized carbons (Fsp3) is 0.381. The lowest BCUT2D eigenvalue weighted by molar-refractivity contribution is -0.232. The van der Waals surface area contributed by atoms with Gasteiger partial charge in [-0.1, -0.05) is 6.07 Å². The number of aromatic hydroxyl groups is 3. The Kier molecular flexibility index (Phi) is 5.38. The SMILES string of the molecule is O=C1c2c(O)cc(CO)cc2C(C2OC(CO)C(O)C(O)C2O)c2c(O)ccc(O)c21. The maximum Gasteiger partial charge on any atom is 0.201 e. The summed E-state index contributed by atoms with van der Waals surface area (Å²) >= 11 is 0. The number of fused-ring (bicyclic) bond motifs is 2. The maximum atomic E-state index is 13.1. The molecule has 0 bridgehead atoms. The van der Waals surface area contributed by atoms with E-state index in [0.717, 1.165) is 12.1 Å². The van der Waals surface area contributed by atoms with Gasteiger partial charge in [0, 0.05) is 11.5 Å². The molecule has 2 aromatic carbocycles. The van der Waals surface area contributed by atoms with Gasteiger partial charge in [-0.3, -0.25) is 4.79 Å². The van der Waals surface area contributed by atoms with Crippen molar-refractivity contribution < 1.29 is 50.4 Å². The summed E-state index contributed by atoms with van der Waals surface area (Å²) in [5, 5.41) is 81.6. The Balaban J connectivity index is 2.00. The summed E-state index contributed by atoms with van der Waals surface area (Å²) in [5.74, 6) is -3.39. The quantitative estimate of drug-likeness (QED) is 0.273. The van der Waals surface area contributed by atoms with E-state index < -0.39 is 72.7 Å². The van der Waals surface area contributed by atoms with Gasteiger partial charge in [0.2, 0.25) is 5.78 Å². The third-order valence-electron chi connectivity index (χ3n) is 5.95. The van der Waals surface area contributed by atoms with Crippen LogP contribution >= 0.6 is 0 Å². The van der Waals surface area contributed by atoms with Gasteiger partial charge in [-0.25, -0.2) is 0 Å². The largest absolute Gasteiger partial charge is 0.508 e. The van der Waals surface area contributed by atoms with Gasteiger partial charge in [0.25, 0.3) is 0 Å². The number of ketones is 1. The lowest BCUT2D eigenvalue weighted by Crippen LogP contribution is -2.60. The zero-order chi connectivity index (χ0) is 22.6. The van der Waals surface area contributed by atoms with Crippen LogP contribution in [0.25, 0.3) is 0 Å². The van der Waals surface area contributed by atoms with E-state index in [4.69, 9.17) is 4.74 Å². The van der Waals surface area contributed by atoms with Crippen molar-refractivity contribution in [2.45, 2.75) is 43.0 Å². The Morgan fingerprint density at radius 3 is 2.16 bits per heavy atom. The summed E-state index contributed by atoms with van der Waals surface area (Å²) in [6.07, 6.45) is -7.74. The number of hydrogen-bond donors (Lipinski definition) is 8. The minimum Gasteiger partial charge on any atom is -0.508 e. The van der Waals surface area contributed by atoms with Crippen LogP contribution in [0.3, 0.4) is 0 Å². The lowest BCUT2D eigenvalue weighted by Gasteiger charge is -2.45. The van der Waals surface area contributed by atoms with E-state index in [1.807, 2.05) is 0 Å². The number of phenolic OH excluding ortho intramolecular Hbond substituents is 3. The maximum absolute atomic E-state index is 13.1. The predicted octanol–water partition coefficient (Wildman–Crippen LogP) is -1.19. The Hall–Kier alpha value is -2.73. The van der Waals surface area contributed by atoms with Gasteiger partial charge < -0.3 is 45.6 Å². The molecule has 1 aliphatic heterocycles. The van der Waals surface area contributed by atoms with Crippen LogP contribution in [0.4, 0.5) is 0 Å². The molecule has 1 aliphatic carbocycles. The number of rotatable bonds is 3. The number of carbonyl (C=O) groups is 1. The fourth-order valence-electron chi connectivity index (χ4n) is 4.47. The van der Waals surface area contributed by atoms with Crippen LogP contribution in [0.1, 0.15) is 38.5 Å². The Bertz CT molecular complexity index is 1030. The summed E-state index contributed by atoms with van der Waals surface area (Å²) in [6.45, 7) is -1.18. The summed E-state index contributed by atoms with van der Waals surface area (Å²) < 4.78 is 5.67. The molecule has 6 unspecified atom stereocenters. The molecule has 0 radical (unpaired) electrons. The minimum absolute atomic E-state index is 0.0757. The van der Waals surface area contributed by atoms with Crippen LogP contribution < -0.4 is 0 Å². The molecule has 1 heterocycles. The molecule has 1 saturated heterocycles. The monoisotopic (exact) mass is 434 g/mol. The van der Waals surface area contributed by atoms with Gasteiger partial charge in [0.1, 0.15) is 41.7 Å². The number of hydrogen-bond acceptors (Lipinski definition) is 10. The van der Waals surface area contributed by atoms with Crippen molar-refractivity contribution in [3.05, 3.63) is 52.1 Å². The molecule has 0 aromatic heterocycles. The first kappa shape index (κ1) is 21.5. The van der Waals surface area contributed by atoms with Crippen LogP contribution in [-0.4, -0.2) is 83.8 Å². The number of carbonyl (C=O) groups excluding carboxylic acids is 1. The van der Waals surface area contributed by atoms with E-state index in [1.54, 1.807) is 0 Å². The number of ether oxygens (including phenoxy) is 1. The molecule has 6 atom stereocenters. The molecule has 8 N–H and O–H groups in total. The standard InChI is InChI=1S/C21H22O10/c22-5-7-3-8-13(11(26)4-7)18(28)16-10(25)2-1-9(24)15(16)14(8)21-20(30)19(29)17(27)12(6-23)31-21/h1-4,12,14,17,19-27,29-30H,5-6H2. The van der Waals surface area contributed by atoms with Gasteiger partial charge in [-0.15, -0.1) is 0 Å². The number of benzene rings is 2. The van der Waals surface area contributed by atoms with Gasteiger partial charge in [-0.2, -0.15) is 0 Å². The predicted molar refractivity (Wildman–Crippen MR) is 103 cm³/mol. The molecule has 2 aliphatic rings. The molecule has 2 aromatic rings. The molecule has 10 nitrogen and oxygen atoms in total. The third kappa shape index (κ3) is 3.16. The summed E-state index contributed by atoms with van der Waals surface area (Å²) in [5.41, 5.74) is -0.362. The van der Waals surface area contributed by atoms with E-state index >= 15 is 0 Å². The van der Waals surface area contributed by atoms with Gasteiger partial charge in [0.05, 0.1) is 30.4 Å². The topological polar surface area (TPSA) is 188 Å². The molecule has 0 amide bonds. The lowest BCUT2D eigenvalue weighted by atomic mass is 9.71. The molecule has 1 fully saturated rings. The third-order valence-corrected chi connectivity index (χ3v) is 5.95. The molecule has 10 heteroatoms. The second-order valence-corrected chi connectivity index (χ2v) is 7.73. The Morgan fingerprint density at radius 1 is 0.839 bits per heavy atom. The van der Waals surface area contributed by atoms with E-state index in [0.29, 0.717) is 0 Å². The van der Waals surface area contributed by atoms with Crippen molar-refractivity contribution in [1.82, 2.24) is 0 Å². The van der Waals surface area contributed by atoms with E-state index in [9.17, 15) is 45.6 Å². The van der Waals surface area contributed by atoms with Gasteiger partial charge in [0.15, 0.2) is 0 Å². The highest BCUT2D eigenvalue weighted by molar-refractivity contribution is 6.16. The second kappa shape index (κ2) is 7.75. The molecule has 31 heavy (non-hydrogen) atoms. The van der Waals surface area contributed by atoms with Crippen molar-refractivity contribution in [1.29, 1.82) is 0 Å². The average molecular weight is 434 g/mol. The van der Waals surface area contributed by atoms with Gasteiger partial charge >= 0.3 is 0 Å². The smallest absolute Gasteiger partial charge is 0.201 e. The highest BCUT2D eigenvalue weighted by atomic mass is 16.5. The van der Waals surface area contributed by atoms with Crippen molar-refractivity contribution in [3.8, 4) is 17.2 Å². The Labute approximate surface area is 175 Å². The zero-order valence-corrected chi connectivity index (χ0v) is 16.1. The molecular weight excluding hydrogens is 412 g/mol. The molecular formula is C21H22O10. The van der Waals surface area contributed by atoms with Crippen LogP contribution in [0.5, 0.6) is 17.2 Å². The van der Waals surface area contributed by atoms with Crippen LogP contribution in [-0.2, 0) is 11.3 Å². The van der Waals surface area contributed by atoms with Crippen molar-refractivity contribution >= 4 is 5.78 Å². The van der Waals surface area contributed by atoms with Crippen molar-refractivity contribution in [2.75, 3.05) is 6.61 Å². The molecule has 0 spiro atoms. The number of phenols is 3. The van der Waals surface area contributed by atoms with Crippen LogP contribution in [0, 0.1) is 0 Å². The average Bonchev–Trinajstić information content (AvgIpc) is 2.75. The van der Waals surface area contributed by atoms with Crippen LogP contribution in [0.2, 0.25) is 0 Å².